The van der Waals surface area contributed by atoms with Crippen molar-refractivity contribution in [2.24, 2.45) is 5.11 Å². The SMILES string of the molecule is CC(C)c1ccc(N(C)C)c(CN=[N+]=[N-])c1. The fourth-order valence-corrected chi connectivity index (χ4v) is 1.64. The molecule has 0 atom stereocenters. The summed E-state index contributed by atoms with van der Waals surface area (Å²) < 4.78 is 0. The number of benzene rings is 1. The first kappa shape index (κ1) is 12.4. The number of hydrogen-bond donors (Lipinski definition) is 0. The van der Waals surface area contributed by atoms with Crippen molar-refractivity contribution in [2.75, 3.05) is 19.0 Å². The van der Waals surface area contributed by atoms with Gasteiger partial charge in [-0.15, -0.1) is 0 Å². The molecule has 0 aromatic heterocycles. The Balaban J connectivity index is 3.15. The van der Waals surface area contributed by atoms with E-state index in [1.165, 1.54) is 5.56 Å². The van der Waals surface area contributed by atoms with E-state index in [4.69, 9.17) is 5.53 Å². The maximum Gasteiger partial charge on any atom is 0.0531 e. The molecule has 0 saturated carbocycles. The van der Waals surface area contributed by atoms with E-state index in [1.54, 1.807) is 0 Å². The van der Waals surface area contributed by atoms with Gasteiger partial charge in [0.2, 0.25) is 0 Å². The summed E-state index contributed by atoms with van der Waals surface area (Å²) in [6.45, 7) is 4.72. The summed E-state index contributed by atoms with van der Waals surface area (Å²) in [5, 5.41) is 3.64. The minimum atomic E-state index is 0.407. The second kappa shape index (κ2) is 5.42. The van der Waals surface area contributed by atoms with Crippen LogP contribution in [0.1, 0.15) is 30.9 Å². The van der Waals surface area contributed by atoms with Crippen LogP contribution in [-0.2, 0) is 6.54 Å². The van der Waals surface area contributed by atoms with Gasteiger partial charge in [0, 0.05) is 24.7 Å². The summed E-state index contributed by atoms with van der Waals surface area (Å²) in [5.74, 6) is 0.487. The predicted molar refractivity (Wildman–Crippen MR) is 67.7 cm³/mol. The number of rotatable bonds is 4. The van der Waals surface area contributed by atoms with Gasteiger partial charge in [-0.05, 0) is 28.6 Å². The molecule has 0 N–H and O–H groups in total. The zero-order chi connectivity index (χ0) is 12.1. The highest BCUT2D eigenvalue weighted by Crippen LogP contribution is 2.24. The Hall–Kier alpha value is -1.67. The van der Waals surface area contributed by atoms with Gasteiger partial charge in [-0.2, -0.15) is 0 Å². The van der Waals surface area contributed by atoms with Crippen LogP contribution < -0.4 is 4.90 Å². The largest absolute Gasteiger partial charge is 0.377 e. The van der Waals surface area contributed by atoms with Crippen LogP contribution in [0.25, 0.3) is 10.4 Å². The summed E-state index contributed by atoms with van der Waals surface area (Å²) in [5.41, 5.74) is 11.8. The minimum Gasteiger partial charge on any atom is -0.377 e. The fourth-order valence-electron chi connectivity index (χ4n) is 1.64. The number of anilines is 1. The van der Waals surface area contributed by atoms with Gasteiger partial charge < -0.3 is 4.90 Å². The van der Waals surface area contributed by atoms with Gasteiger partial charge in [0.25, 0.3) is 0 Å². The Morgan fingerprint density at radius 3 is 2.56 bits per heavy atom. The van der Waals surface area contributed by atoms with Gasteiger partial charge in [-0.25, -0.2) is 0 Å². The van der Waals surface area contributed by atoms with Gasteiger partial charge >= 0.3 is 0 Å². The van der Waals surface area contributed by atoms with E-state index in [0.717, 1.165) is 11.3 Å². The van der Waals surface area contributed by atoms with Crippen LogP contribution in [0.2, 0.25) is 0 Å². The molecule has 0 spiro atoms. The molecule has 1 aromatic rings. The molecule has 0 radical (unpaired) electrons. The van der Waals surface area contributed by atoms with Crippen molar-refractivity contribution in [2.45, 2.75) is 26.3 Å². The molecular formula is C12H18N4. The molecule has 1 rings (SSSR count). The average Bonchev–Trinajstić information content (AvgIpc) is 2.25. The molecule has 0 aliphatic rings. The molecule has 0 unspecified atom stereocenters. The van der Waals surface area contributed by atoms with Crippen LogP contribution in [-0.4, -0.2) is 14.1 Å². The molecular weight excluding hydrogens is 200 g/mol. The van der Waals surface area contributed by atoms with E-state index in [1.807, 2.05) is 19.0 Å². The third-order valence-electron chi connectivity index (χ3n) is 2.56. The minimum absolute atomic E-state index is 0.407. The van der Waals surface area contributed by atoms with E-state index in [-0.39, 0.29) is 0 Å². The lowest BCUT2D eigenvalue weighted by Crippen LogP contribution is -2.11. The van der Waals surface area contributed by atoms with E-state index >= 15 is 0 Å². The van der Waals surface area contributed by atoms with E-state index < -0.39 is 0 Å². The fraction of sp³-hybridized carbons (Fsp3) is 0.500. The Morgan fingerprint density at radius 2 is 2.06 bits per heavy atom. The van der Waals surface area contributed by atoms with Crippen molar-refractivity contribution < 1.29 is 0 Å². The van der Waals surface area contributed by atoms with Crippen LogP contribution in [0.3, 0.4) is 0 Å². The number of azide groups is 1. The van der Waals surface area contributed by atoms with Gasteiger partial charge in [-0.3, -0.25) is 0 Å². The molecule has 0 bridgehead atoms. The summed E-state index contributed by atoms with van der Waals surface area (Å²) in [7, 11) is 3.98. The van der Waals surface area contributed by atoms with Crippen LogP contribution in [0.15, 0.2) is 23.3 Å². The molecule has 4 heteroatoms. The van der Waals surface area contributed by atoms with Crippen molar-refractivity contribution in [1.82, 2.24) is 0 Å². The van der Waals surface area contributed by atoms with Crippen LogP contribution in [0.4, 0.5) is 5.69 Å². The zero-order valence-electron chi connectivity index (χ0n) is 10.3. The second-order valence-electron chi connectivity index (χ2n) is 4.33. The Labute approximate surface area is 96.5 Å². The molecule has 4 nitrogen and oxygen atoms in total. The molecule has 0 saturated heterocycles. The summed E-state index contributed by atoms with van der Waals surface area (Å²) in [6, 6.07) is 6.33. The average molecular weight is 218 g/mol. The molecule has 0 aliphatic heterocycles. The molecule has 0 heterocycles. The van der Waals surface area contributed by atoms with Crippen LogP contribution in [0.5, 0.6) is 0 Å². The third kappa shape index (κ3) is 2.91. The highest BCUT2D eigenvalue weighted by Gasteiger charge is 2.07. The smallest absolute Gasteiger partial charge is 0.0531 e. The van der Waals surface area contributed by atoms with Crippen molar-refractivity contribution in [3.63, 3.8) is 0 Å². The van der Waals surface area contributed by atoms with E-state index in [9.17, 15) is 0 Å². The first-order valence-corrected chi connectivity index (χ1v) is 5.37. The summed E-state index contributed by atoms with van der Waals surface area (Å²) in [6.07, 6.45) is 0. The highest BCUT2D eigenvalue weighted by atomic mass is 15.1. The predicted octanol–water partition coefficient (Wildman–Crippen LogP) is 3.69. The molecule has 0 amide bonds. The number of nitrogens with zero attached hydrogens (tertiary/aromatic N) is 4. The highest BCUT2D eigenvalue weighted by molar-refractivity contribution is 5.54. The van der Waals surface area contributed by atoms with E-state index in [2.05, 4.69) is 42.1 Å². The zero-order valence-corrected chi connectivity index (χ0v) is 10.3. The molecule has 0 fully saturated rings. The standard InChI is InChI=1S/C12H18N4/c1-9(2)10-5-6-12(16(3)4)11(7-10)8-14-15-13/h5-7,9H,8H2,1-4H3. The van der Waals surface area contributed by atoms with E-state index in [0.29, 0.717) is 12.5 Å². The molecule has 1 aromatic carbocycles. The number of hydrogen-bond acceptors (Lipinski definition) is 2. The van der Waals surface area contributed by atoms with Crippen LogP contribution >= 0.6 is 0 Å². The lowest BCUT2D eigenvalue weighted by Gasteiger charge is -2.18. The molecule has 86 valence electrons. The van der Waals surface area contributed by atoms with Crippen molar-refractivity contribution in [1.29, 1.82) is 0 Å². The van der Waals surface area contributed by atoms with Gasteiger partial charge in [-0.1, -0.05) is 31.1 Å². The molecule has 0 aliphatic carbocycles. The first-order chi connectivity index (χ1) is 7.56. The lowest BCUT2D eigenvalue weighted by atomic mass is 9.99. The topological polar surface area (TPSA) is 52.0 Å². The van der Waals surface area contributed by atoms with Gasteiger partial charge in [0.05, 0.1) is 6.54 Å². The maximum atomic E-state index is 8.38. The normalized spacial score (nSPS) is 10.1. The Kier molecular flexibility index (Phi) is 4.20. The second-order valence-corrected chi connectivity index (χ2v) is 4.33. The first-order valence-electron chi connectivity index (χ1n) is 5.37. The maximum absolute atomic E-state index is 8.38. The summed E-state index contributed by atoms with van der Waals surface area (Å²) in [4.78, 5) is 4.85. The van der Waals surface area contributed by atoms with Crippen LogP contribution in [0, 0.1) is 0 Å². The van der Waals surface area contributed by atoms with Crippen molar-refractivity contribution in [3.05, 3.63) is 39.8 Å². The quantitative estimate of drug-likeness (QED) is 0.432. The van der Waals surface area contributed by atoms with Crippen molar-refractivity contribution in [3.8, 4) is 0 Å². The Morgan fingerprint density at radius 1 is 1.38 bits per heavy atom. The third-order valence-corrected chi connectivity index (χ3v) is 2.56. The lowest BCUT2D eigenvalue weighted by molar-refractivity contribution is 0.859. The van der Waals surface area contributed by atoms with Crippen molar-refractivity contribution >= 4 is 5.69 Å². The Bertz CT molecular complexity index is 403. The van der Waals surface area contributed by atoms with Gasteiger partial charge in [0.15, 0.2) is 0 Å². The molecule has 16 heavy (non-hydrogen) atoms. The van der Waals surface area contributed by atoms with Gasteiger partial charge in [0.1, 0.15) is 0 Å². The monoisotopic (exact) mass is 218 g/mol. The summed E-state index contributed by atoms with van der Waals surface area (Å²) >= 11 is 0.